The standard InChI is InChI=1S/C10H8.HO2S2/c1-2-6-10-8-4-3-7-9(10)5-1;1-4(2)3/h1-8H;(H,1,2,3)/q;-1. The molecule has 0 bridgehead atoms. The first-order valence-electron chi connectivity index (χ1n) is 3.92. The Morgan fingerprint density at radius 3 is 1.36 bits per heavy atom. The van der Waals surface area contributed by atoms with E-state index in [-0.39, 0.29) is 0 Å². The highest BCUT2D eigenvalue weighted by Gasteiger charge is 1.85. The number of fused-ring (bicyclic) bond motifs is 1. The van der Waals surface area contributed by atoms with E-state index in [1.165, 1.54) is 10.8 Å². The highest BCUT2D eigenvalue weighted by atomic mass is 32.8. The third-order valence-corrected chi connectivity index (χ3v) is 1.66. The van der Waals surface area contributed by atoms with Crippen LogP contribution in [0.15, 0.2) is 48.5 Å². The largest absolute Gasteiger partial charge is 0.459 e. The number of hydrogen-bond donors (Lipinski definition) is 1. The first kappa shape index (κ1) is 11.1. The molecule has 0 saturated carbocycles. The van der Waals surface area contributed by atoms with E-state index in [2.05, 4.69) is 59.7 Å². The molecular weight excluding hydrogens is 216 g/mol. The maximum absolute atomic E-state index is 8.93. The Bertz CT molecular complexity index is 405. The molecule has 2 aromatic rings. The molecule has 1 N–H and O–H groups in total. The van der Waals surface area contributed by atoms with Crippen molar-refractivity contribution in [3.63, 3.8) is 0 Å². The van der Waals surface area contributed by atoms with Gasteiger partial charge in [-0.05, 0) is 10.8 Å². The van der Waals surface area contributed by atoms with Crippen LogP contribution in [0.4, 0.5) is 0 Å². The van der Waals surface area contributed by atoms with Gasteiger partial charge in [0.25, 0.3) is 0 Å². The van der Waals surface area contributed by atoms with Gasteiger partial charge in [0.05, 0.1) is 0 Å². The van der Waals surface area contributed by atoms with Crippen molar-refractivity contribution in [2.24, 2.45) is 0 Å². The molecule has 0 heterocycles. The number of hydrogen-bond acceptors (Lipinski definition) is 3. The van der Waals surface area contributed by atoms with E-state index in [1.807, 2.05) is 0 Å². The molecule has 4 heteroatoms. The average Bonchev–Trinajstić information content (AvgIpc) is 2.17. The van der Waals surface area contributed by atoms with Crippen LogP contribution in [0.1, 0.15) is 0 Å². The van der Waals surface area contributed by atoms with E-state index in [4.69, 9.17) is 8.76 Å². The number of benzene rings is 2. The summed E-state index contributed by atoms with van der Waals surface area (Å²) in [6.45, 7) is 0. The second kappa shape index (κ2) is 5.70. The zero-order valence-corrected chi connectivity index (χ0v) is 8.92. The van der Waals surface area contributed by atoms with Gasteiger partial charge in [0.1, 0.15) is 0 Å². The fourth-order valence-electron chi connectivity index (χ4n) is 1.13. The van der Waals surface area contributed by atoms with Gasteiger partial charge in [-0.1, -0.05) is 58.2 Å². The van der Waals surface area contributed by atoms with Crippen LogP contribution in [0.3, 0.4) is 0 Å². The Kier molecular flexibility index (Phi) is 4.52. The van der Waals surface area contributed by atoms with Crippen LogP contribution < -0.4 is 0 Å². The van der Waals surface area contributed by atoms with Crippen LogP contribution in [0.25, 0.3) is 10.8 Å². The zero-order chi connectivity index (χ0) is 10.4. The maximum Gasteiger partial charge on any atom is -0.0184 e. The summed E-state index contributed by atoms with van der Waals surface area (Å²) in [6, 6.07) is 16.7. The van der Waals surface area contributed by atoms with Crippen molar-refractivity contribution in [2.75, 3.05) is 0 Å². The lowest BCUT2D eigenvalue weighted by molar-refractivity contribution is 0.536. The monoisotopic (exact) mass is 225 g/mol. The molecule has 0 fully saturated rings. The van der Waals surface area contributed by atoms with Crippen molar-refractivity contribution in [1.29, 1.82) is 0 Å². The van der Waals surface area contributed by atoms with Crippen molar-refractivity contribution in [1.82, 2.24) is 0 Å². The van der Waals surface area contributed by atoms with Crippen molar-refractivity contribution >= 4 is 31.6 Å². The molecule has 2 rings (SSSR count). The molecule has 0 aromatic heterocycles. The van der Waals surface area contributed by atoms with Gasteiger partial charge in [-0.2, -0.15) is 0 Å². The molecule has 14 heavy (non-hydrogen) atoms. The molecule has 0 radical (unpaired) electrons. The summed E-state index contributed by atoms with van der Waals surface area (Å²) in [5, 5.41) is 2.62. The van der Waals surface area contributed by atoms with Gasteiger partial charge in [-0.25, -0.2) is 11.2 Å². The van der Waals surface area contributed by atoms with Crippen molar-refractivity contribution < 1.29 is 8.76 Å². The topological polar surface area (TPSA) is 37.3 Å². The van der Waals surface area contributed by atoms with Gasteiger partial charge in [0.15, 0.2) is 0 Å². The van der Waals surface area contributed by atoms with E-state index in [0.717, 1.165) is 0 Å². The van der Waals surface area contributed by atoms with Crippen LogP contribution in [0.5, 0.6) is 0 Å². The molecule has 74 valence electrons. The maximum atomic E-state index is 8.93. The molecular formula is C10H9O2S2-. The average molecular weight is 225 g/mol. The van der Waals surface area contributed by atoms with Crippen LogP contribution in [0, 0.1) is 0 Å². The Hall–Kier alpha value is -0.970. The predicted octanol–water partition coefficient (Wildman–Crippen LogP) is 2.72. The van der Waals surface area contributed by atoms with E-state index in [9.17, 15) is 0 Å². The summed E-state index contributed by atoms with van der Waals surface area (Å²) in [4.78, 5) is 0. The number of rotatable bonds is 0. The minimum Gasteiger partial charge on any atom is -0.459 e. The first-order chi connectivity index (χ1) is 6.70. The highest BCUT2D eigenvalue weighted by molar-refractivity contribution is 8.18. The van der Waals surface area contributed by atoms with Gasteiger partial charge < -0.3 is 8.76 Å². The van der Waals surface area contributed by atoms with Gasteiger partial charge >= 0.3 is 0 Å². The first-order valence-corrected chi connectivity index (χ1v) is 5.95. The predicted molar refractivity (Wildman–Crippen MR) is 62.0 cm³/mol. The van der Waals surface area contributed by atoms with Gasteiger partial charge in [-0.3, -0.25) is 0 Å². The lowest BCUT2D eigenvalue weighted by Crippen LogP contribution is -1.67. The molecule has 2 nitrogen and oxygen atoms in total. The molecule has 0 spiro atoms. The molecule has 0 aliphatic heterocycles. The Balaban J connectivity index is 0.000000213. The molecule has 0 amide bonds. The fourth-order valence-corrected chi connectivity index (χ4v) is 1.13. The Morgan fingerprint density at radius 2 is 1.14 bits per heavy atom. The smallest absolute Gasteiger partial charge is 0.0184 e. The van der Waals surface area contributed by atoms with Crippen LogP contribution in [0.2, 0.25) is 0 Å². The summed E-state index contributed by atoms with van der Waals surface area (Å²) in [6.07, 6.45) is 0. The summed E-state index contributed by atoms with van der Waals surface area (Å²) >= 11 is 3.65. The molecule has 0 aliphatic rings. The fraction of sp³-hybridized carbons (Fsp3) is 0. The van der Waals surface area contributed by atoms with Crippen LogP contribution in [-0.4, -0.2) is 4.55 Å². The second-order valence-corrected chi connectivity index (χ2v) is 3.85. The van der Waals surface area contributed by atoms with Gasteiger partial charge in [-0.15, -0.1) is 0 Å². The summed E-state index contributed by atoms with van der Waals surface area (Å²) in [5.74, 6) is 0. The summed E-state index contributed by atoms with van der Waals surface area (Å²) in [5.41, 5.74) is 0. The van der Waals surface area contributed by atoms with Crippen molar-refractivity contribution in [3.05, 3.63) is 48.5 Å². The third-order valence-electron chi connectivity index (χ3n) is 1.66. The molecule has 0 saturated heterocycles. The molecule has 0 aliphatic carbocycles. The Labute approximate surface area is 89.1 Å². The molecule has 0 unspecified atom stereocenters. The summed E-state index contributed by atoms with van der Waals surface area (Å²) in [7, 11) is -2.03. The molecule has 0 atom stereocenters. The lowest BCUT2D eigenvalue weighted by Gasteiger charge is -1.92. The highest BCUT2D eigenvalue weighted by Crippen LogP contribution is 2.11. The van der Waals surface area contributed by atoms with E-state index < -0.39 is 9.64 Å². The third kappa shape index (κ3) is 3.83. The quantitative estimate of drug-likeness (QED) is 0.553. The lowest BCUT2D eigenvalue weighted by atomic mass is 10.1. The van der Waals surface area contributed by atoms with Gasteiger partial charge in [0, 0.05) is 0 Å². The SMILES string of the molecule is O=[S-](O)=S.c1ccc2ccccc2c1. The minimum atomic E-state index is -2.03. The molecule has 2 aromatic carbocycles. The van der Waals surface area contributed by atoms with E-state index in [1.54, 1.807) is 0 Å². The second-order valence-electron chi connectivity index (χ2n) is 2.56. The van der Waals surface area contributed by atoms with E-state index in [0.29, 0.717) is 0 Å². The van der Waals surface area contributed by atoms with Crippen molar-refractivity contribution in [3.8, 4) is 0 Å². The summed E-state index contributed by atoms with van der Waals surface area (Å²) < 4.78 is 16.3. The van der Waals surface area contributed by atoms with E-state index >= 15 is 0 Å². The van der Waals surface area contributed by atoms with Crippen molar-refractivity contribution in [2.45, 2.75) is 0 Å². The normalized spacial score (nSPS) is 9.57. The Morgan fingerprint density at radius 1 is 0.929 bits per heavy atom. The van der Waals surface area contributed by atoms with Gasteiger partial charge in [0.2, 0.25) is 0 Å². The van der Waals surface area contributed by atoms with Crippen LogP contribution in [-0.2, 0) is 25.0 Å². The minimum absolute atomic E-state index is 1.31. The van der Waals surface area contributed by atoms with Crippen LogP contribution >= 0.6 is 0 Å². The zero-order valence-electron chi connectivity index (χ0n) is 7.29.